The molecule has 0 aliphatic heterocycles. The zero-order valence-corrected chi connectivity index (χ0v) is 25.2. The Morgan fingerprint density at radius 1 is 0.545 bits per heavy atom. The third kappa shape index (κ3) is 81.8. The van der Waals surface area contributed by atoms with Crippen LogP contribution in [0.15, 0.2) is 85.5 Å². The molecule has 33 heavy (non-hydrogen) atoms. The van der Waals surface area contributed by atoms with E-state index in [1.807, 2.05) is 138 Å². The number of hydrogen-bond acceptors (Lipinski definition) is 1. The standard InChI is InChI=1S/C7H8.C6H6.C3H4N2.C3H8.6C2H6/c1-7-5-3-2-4-6-7;1-2-4-6-5-3-1;1-2-5-3-4-1;1-3-2;6*1-2/h2-6H,1H3;1-6H;1-3H,(H,4,5);3H2,1-2H3;6*1-2H3. The minimum Gasteiger partial charge on any atom is -0.351 e. The van der Waals surface area contributed by atoms with Crippen molar-refractivity contribution in [2.45, 2.75) is 110 Å². The van der Waals surface area contributed by atoms with Crippen LogP contribution in [0.3, 0.4) is 0 Å². The first kappa shape index (κ1) is 48.2. The lowest BCUT2D eigenvalue weighted by atomic mass is 10.2. The van der Waals surface area contributed by atoms with Crippen LogP contribution in [0.25, 0.3) is 0 Å². The fourth-order valence-corrected chi connectivity index (χ4v) is 1.13. The van der Waals surface area contributed by atoms with E-state index in [1.165, 1.54) is 12.0 Å². The van der Waals surface area contributed by atoms with Gasteiger partial charge in [0.05, 0.1) is 6.33 Å². The fourth-order valence-electron chi connectivity index (χ4n) is 1.13. The van der Waals surface area contributed by atoms with Crippen LogP contribution < -0.4 is 0 Å². The Morgan fingerprint density at radius 2 is 0.818 bits per heavy atom. The maximum Gasteiger partial charge on any atom is 0.0919 e. The topological polar surface area (TPSA) is 28.7 Å². The predicted molar refractivity (Wildman–Crippen MR) is 160 cm³/mol. The quantitative estimate of drug-likeness (QED) is 0.353. The molecule has 3 rings (SSSR count). The molecule has 0 unspecified atom stereocenters. The monoisotopic (exact) mass is 462 g/mol. The van der Waals surface area contributed by atoms with E-state index in [4.69, 9.17) is 0 Å². The molecule has 2 nitrogen and oxygen atoms in total. The second-order valence-electron chi connectivity index (χ2n) is 4.28. The van der Waals surface area contributed by atoms with Crippen LogP contribution in [0.2, 0.25) is 0 Å². The average molecular weight is 463 g/mol. The van der Waals surface area contributed by atoms with Gasteiger partial charge in [-0.3, -0.25) is 0 Å². The smallest absolute Gasteiger partial charge is 0.0919 e. The van der Waals surface area contributed by atoms with Crippen LogP contribution in [-0.2, 0) is 0 Å². The molecule has 0 saturated heterocycles. The predicted octanol–water partition coefficient (Wildman–Crippen LogP) is 11.7. The summed E-state index contributed by atoms with van der Waals surface area (Å²) in [5.41, 5.74) is 1.32. The van der Waals surface area contributed by atoms with Gasteiger partial charge in [-0.15, -0.1) is 0 Å². The van der Waals surface area contributed by atoms with Gasteiger partial charge >= 0.3 is 0 Å². The molecule has 1 aromatic heterocycles. The summed E-state index contributed by atoms with van der Waals surface area (Å²) in [5.74, 6) is 0. The minimum absolute atomic E-state index is 1.25. The Morgan fingerprint density at radius 3 is 0.939 bits per heavy atom. The lowest BCUT2D eigenvalue weighted by Gasteiger charge is -1.82. The zero-order chi connectivity index (χ0) is 27.6. The third-order valence-electron chi connectivity index (χ3n) is 2.01. The second-order valence-corrected chi connectivity index (χ2v) is 4.28. The Balaban J connectivity index is -0.0000000484. The van der Waals surface area contributed by atoms with E-state index < -0.39 is 0 Å². The molecule has 0 aliphatic carbocycles. The molecular weight excluding hydrogens is 400 g/mol. The molecule has 0 amide bonds. The van der Waals surface area contributed by atoms with Gasteiger partial charge in [0.15, 0.2) is 0 Å². The molecule has 0 radical (unpaired) electrons. The van der Waals surface area contributed by atoms with E-state index in [0.29, 0.717) is 0 Å². The SMILES string of the molecule is CC.CC.CC.CC.CC.CC.CCC.Cc1ccccc1.c1c[nH]cn1.c1ccccc1. The molecule has 0 bridgehead atoms. The lowest BCUT2D eigenvalue weighted by molar-refractivity contribution is 1.09. The van der Waals surface area contributed by atoms with Crippen molar-refractivity contribution in [3.8, 4) is 0 Å². The van der Waals surface area contributed by atoms with Gasteiger partial charge in [-0.1, -0.05) is 176 Å². The molecule has 196 valence electrons. The van der Waals surface area contributed by atoms with E-state index in [2.05, 4.69) is 42.9 Å². The number of nitrogens with zero attached hydrogens (tertiary/aromatic N) is 1. The number of nitrogens with one attached hydrogen (secondary N) is 1. The van der Waals surface area contributed by atoms with Crippen molar-refractivity contribution in [1.82, 2.24) is 9.97 Å². The summed E-state index contributed by atoms with van der Waals surface area (Å²) in [5, 5.41) is 0. The van der Waals surface area contributed by atoms with E-state index in [9.17, 15) is 0 Å². The van der Waals surface area contributed by atoms with E-state index >= 15 is 0 Å². The number of imidazole rings is 1. The highest BCUT2D eigenvalue weighted by molar-refractivity contribution is 5.11. The van der Waals surface area contributed by atoms with Crippen LogP contribution in [-0.4, -0.2) is 9.97 Å². The molecule has 3 aromatic rings. The highest BCUT2D eigenvalue weighted by Gasteiger charge is 1.72. The summed E-state index contributed by atoms with van der Waals surface area (Å²) in [6, 6.07) is 22.3. The number of aromatic nitrogens is 2. The van der Waals surface area contributed by atoms with Crippen molar-refractivity contribution in [2.75, 3.05) is 0 Å². The molecule has 0 fully saturated rings. The first-order valence-electron chi connectivity index (χ1n) is 13.3. The van der Waals surface area contributed by atoms with Gasteiger partial charge in [-0.25, -0.2) is 4.98 Å². The molecule has 2 aromatic carbocycles. The summed E-state index contributed by atoms with van der Waals surface area (Å²) in [7, 11) is 0. The number of hydrogen-bond donors (Lipinski definition) is 1. The van der Waals surface area contributed by atoms with Gasteiger partial charge in [0.1, 0.15) is 0 Å². The maximum atomic E-state index is 3.67. The highest BCUT2D eigenvalue weighted by atomic mass is 14.8. The molecular formula is C31H62N2. The number of aryl methyl sites for hydroxylation is 1. The van der Waals surface area contributed by atoms with Crippen LogP contribution in [0, 0.1) is 6.92 Å². The molecule has 0 spiro atoms. The van der Waals surface area contributed by atoms with Crippen LogP contribution >= 0.6 is 0 Å². The summed E-state index contributed by atoms with van der Waals surface area (Å²) < 4.78 is 0. The fraction of sp³-hybridized carbons (Fsp3) is 0.516. The van der Waals surface area contributed by atoms with Crippen LogP contribution in [0.5, 0.6) is 0 Å². The summed E-state index contributed by atoms with van der Waals surface area (Å²) in [6.45, 7) is 30.3. The molecule has 1 N–H and O–H groups in total. The highest BCUT2D eigenvalue weighted by Crippen LogP contribution is 1.92. The molecule has 1 heterocycles. The van der Waals surface area contributed by atoms with E-state index in [1.54, 1.807) is 18.7 Å². The Hall–Kier alpha value is -2.35. The Labute approximate surface area is 211 Å². The number of rotatable bonds is 0. The summed E-state index contributed by atoms with van der Waals surface area (Å²) in [6.07, 6.45) is 6.33. The van der Waals surface area contributed by atoms with Crippen LogP contribution in [0.4, 0.5) is 0 Å². The van der Waals surface area contributed by atoms with Crippen molar-refractivity contribution in [1.29, 1.82) is 0 Å². The zero-order valence-electron chi connectivity index (χ0n) is 25.2. The summed E-state index contributed by atoms with van der Waals surface area (Å²) >= 11 is 0. The van der Waals surface area contributed by atoms with Gasteiger partial charge in [-0.05, 0) is 6.92 Å². The molecule has 0 atom stereocenters. The molecule has 0 aliphatic rings. The minimum atomic E-state index is 1.25. The summed E-state index contributed by atoms with van der Waals surface area (Å²) in [4.78, 5) is 6.42. The van der Waals surface area contributed by atoms with Crippen molar-refractivity contribution in [3.63, 3.8) is 0 Å². The van der Waals surface area contributed by atoms with Crippen LogP contribution in [0.1, 0.15) is 109 Å². The van der Waals surface area contributed by atoms with Gasteiger partial charge < -0.3 is 4.98 Å². The number of benzene rings is 2. The third-order valence-corrected chi connectivity index (χ3v) is 2.01. The van der Waals surface area contributed by atoms with Crippen molar-refractivity contribution in [3.05, 3.63) is 91.0 Å². The number of aromatic amines is 1. The number of H-pyrrole nitrogens is 1. The first-order valence-corrected chi connectivity index (χ1v) is 13.3. The Kier molecular flexibility index (Phi) is 114. The Bertz CT molecular complexity index is 433. The largest absolute Gasteiger partial charge is 0.351 e. The van der Waals surface area contributed by atoms with Crippen molar-refractivity contribution >= 4 is 0 Å². The van der Waals surface area contributed by atoms with E-state index in [-0.39, 0.29) is 0 Å². The normalized spacial score (nSPS) is 6.15. The molecule has 2 heteroatoms. The van der Waals surface area contributed by atoms with Gasteiger partial charge in [0.25, 0.3) is 0 Å². The first-order chi connectivity index (χ1) is 16.3. The van der Waals surface area contributed by atoms with Crippen molar-refractivity contribution in [2.24, 2.45) is 0 Å². The lowest BCUT2D eigenvalue weighted by Crippen LogP contribution is -1.62. The second kappa shape index (κ2) is 78.1. The van der Waals surface area contributed by atoms with Gasteiger partial charge in [0, 0.05) is 12.4 Å². The maximum absolute atomic E-state index is 3.67. The van der Waals surface area contributed by atoms with Gasteiger partial charge in [0.2, 0.25) is 0 Å². The average Bonchev–Trinajstić information content (AvgIpc) is 3.54. The van der Waals surface area contributed by atoms with Gasteiger partial charge in [-0.2, -0.15) is 0 Å². The van der Waals surface area contributed by atoms with Crippen molar-refractivity contribution < 1.29 is 0 Å². The molecule has 0 saturated carbocycles. The van der Waals surface area contributed by atoms with E-state index in [0.717, 1.165) is 0 Å².